The molecule has 1 aromatic carbocycles. The molecular formula is C15H18ClN3O. The van der Waals surface area contributed by atoms with Crippen LogP contribution >= 0.6 is 11.6 Å². The van der Waals surface area contributed by atoms with Crippen LogP contribution in [0.5, 0.6) is 0 Å². The average molecular weight is 292 g/mol. The molecule has 1 fully saturated rings. The van der Waals surface area contributed by atoms with Gasteiger partial charge in [-0.1, -0.05) is 30.9 Å². The molecular weight excluding hydrogens is 274 g/mol. The predicted octanol–water partition coefficient (Wildman–Crippen LogP) is 3.06. The second kappa shape index (κ2) is 6.74. The zero-order valence-electron chi connectivity index (χ0n) is 11.2. The maximum absolute atomic E-state index is 12.3. The molecule has 0 saturated heterocycles. The van der Waals surface area contributed by atoms with Crippen LogP contribution in [0.1, 0.15) is 37.7 Å². The highest BCUT2D eigenvalue weighted by atomic mass is 35.5. The number of carbonyl (C=O) groups excluding carboxylic acids is 1. The second-order valence-electron chi connectivity index (χ2n) is 5.20. The van der Waals surface area contributed by atoms with E-state index in [0.717, 1.165) is 32.1 Å². The van der Waals surface area contributed by atoms with Gasteiger partial charge in [0.05, 0.1) is 16.5 Å². The summed E-state index contributed by atoms with van der Waals surface area (Å²) in [5.74, 6) is -0.202. The predicted molar refractivity (Wildman–Crippen MR) is 79.3 cm³/mol. The van der Waals surface area contributed by atoms with Crippen molar-refractivity contribution in [3.8, 4) is 6.07 Å². The molecule has 1 amide bonds. The van der Waals surface area contributed by atoms with Crippen molar-refractivity contribution in [3.63, 3.8) is 0 Å². The quantitative estimate of drug-likeness (QED) is 0.822. The molecule has 1 aromatic rings. The van der Waals surface area contributed by atoms with Crippen molar-refractivity contribution in [1.82, 2.24) is 0 Å². The normalized spacial score (nSPS) is 22.6. The topological polar surface area (TPSA) is 78.9 Å². The highest BCUT2D eigenvalue weighted by Gasteiger charge is 2.27. The fourth-order valence-electron chi connectivity index (χ4n) is 2.58. The Labute approximate surface area is 123 Å². The summed E-state index contributed by atoms with van der Waals surface area (Å²) in [5, 5.41) is 12.0. The first-order valence-electron chi connectivity index (χ1n) is 6.88. The third-order valence-corrected chi connectivity index (χ3v) is 4.08. The third-order valence-electron chi connectivity index (χ3n) is 3.76. The minimum Gasteiger partial charge on any atom is -0.327 e. The number of hydrogen-bond donors (Lipinski definition) is 2. The molecule has 0 aliphatic heterocycles. The van der Waals surface area contributed by atoms with Gasteiger partial charge in [0.15, 0.2) is 0 Å². The largest absolute Gasteiger partial charge is 0.327 e. The number of nitriles is 1. The van der Waals surface area contributed by atoms with Crippen molar-refractivity contribution in [2.75, 3.05) is 5.32 Å². The van der Waals surface area contributed by atoms with E-state index in [2.05, 4.69) is 5.32 Å². The van der Waals surface area contributed by atoms with Crippen LogP contribution in [0, 0.1) is 17.2 Å². The monoisotopic (exact) mass is 291 g/mol. The van der Waals surface area contributed by atoms with Crippen LogP contribution in [0.2, 0.25) is 5.02 Å². The molecule has 5 heteroatoms. The van der Waals surface area contributed by atoms with E-state index in [-0.39, 0.29) is 17.9 Å². The van der Waals surface area contributed by atoms with Crippen molar-refractivity contribution in [2.24, 2.45) is 11.7 Å². The molecule has 1 saturated carbocycles. The number of amides is 1. The lowest BCUT2D eigenvalue weighted by atomic mass is 9.94. The first-order chi connectivity index (χ1) is 9.61. The van der Waals surface area contributed by atoms with Gasteiger partial charge in [0.25, 0.3) is 0 Å². The molecule has 2 rings (SSSR count). The lowest BCUT2D eigenvalue weighted by molar-refractivity contribution is -0.120. The molecule has 20 heavy (non-hydrogen) atoms. The average Bonchev–Trinajstić information content (AvgIpc) is 2.63. The van der Waals surface area contributed by atoms with Crippen LogP contribution in [0.25, 0.3) is 0 Å². The van der Waals surface area contributed by atoms with Crippen LogP contribution in [-0.2, 0) is 4.79 Å². The standard InChI is InChI=1S/C15H18ClN3O/c16-13-8-11(7-6-10(13)9-17)19-15(20)12-4-2-1-3-5-14(12)18/h6-8,12,14H,1-5,18H2,(H,19,20). The van der Waals surface area contributed by atoms with Crippen molar-refractivity contribution in [3.05, 3.63) is 28.8 Å². The number of halogens is 1. The van der Waals surface area contributed by atoms with E-state index in [1.54, 1.807) is 18.2 Å². The highest BCUT2D eigenvalue weighted by molar-refractivity contribution is 6.32. The highest BCUT2D eigenvalue weighted by Crippen LogP contribution is 2.25. The molecule has 4 nitrogen and oxygen atoms in total. The summed E-state index contributed by atoms with van der Waals surface area (Å²) in [6.45, 7) is 0. The number of nitrogens with two attached hydrogens (primary N) is 1. The van der Waals surface area contributed by atoms with Gasteiger partial charge in [-0.05, 0) is 31.0 Å². The SMILES string of the molecule is N#Cc1ccc(NC(=O)C2CCCCCC2N)cc1Cl. The molecule has 0 aromatic heterocycles. The summed E-state index contributed by atoms with van der Waals surface area (Å²) in [4.78, 5) is 12.3. The van der Waals surface area contributed by atoms with Gasteiger partial charge in [-0.2, -0.15) is 5.26 Å². The van der Waals surface area contributed by atoms with E-state index in [0.29, 0.717) is 16.3 Å². The van der Waals surface area contributed by atoms with E-state index in [9.17, 15) is 4.79 Å². The Bertz CT molecular complexity index is 538. The lowest BCUT2D eigenvalue weighted by Crippen LogP contribution is -2.37. The molecule has 1 aliphatic carbocycles. The molecule has 2 atom stereocenters. The van der Waals surface area contributed by atoms with E-state index >= 15 is 0 Å². The van der Waals surface area contributed by atoms with Gasteiger partial charge in [-0.3, -0.25) is 4.79 Å². The van der Waals surface area contributed by atoms with Crippen LogP contribution in [0.15, 0.2) is 18.2 Å². The first kappa shape index (κ1) is 14.8. The van der Waals surface area contributed by atoms with Crippen LogP contribution in [0.4, 0.5) is 5.69 Å². The van der Waals surface area contributed by atoms with Gasteiger partial charge >= 0.3 is 0 Å². The zero-order valence-corrected chi connectivity index (χ0v) is 12.0. The third kappa shape index (κ3) is 3.50. The van der Waals surface area contributed by atoms with Crippen molar-refractivity contribution in [1.29, 1.82) is 5.26 Å². The Morgan fingerprint density at radius 2 is 2.10 bits per heavy atom. The maximum Gasteiger partial charge on any atom is 0.229 e. The van der Waals surface area contributed by atoms with Gasteiger partial charge in [-0.25, -0.2) is 0 Å². The van der Waals surface area contributed by atoms with E-state index in [4.69, 9.17) is 22.6 Å². The Balaban J connectivity index is 2.07. The summed E-state index contributed by atoms with van der Waals surface area (Å²) in [5.41, 5.74) is 7.08. The van der Waals surface area contributed by atoms with Gasteiger partial charge in [0.2, 0.25) is 5.91 Å². The maximum atomic E-state index is 12.3. The Hall–Kier alpha value is -1.57. The molecule has 0 heterocycles. The van der Waals surface area contributed by atoms with Crippen LogP contribution in [-0.4, -0.2) is 11.9 Å². The first-order valence-corrected chi connectivity index (χ1v) is 7.25. The Kier molecular flexibility index (Phi) is 4.99. The van der Waals surface area contributed by atoms with Crippen molar-refractivity contribution >= 4 is 23.2 Å². The Morgan fingerprint density at radius 3 is 2.80 bits per heavy atom. The summed E-state index contributed by atoms with van der Waals surface area (Å²) < 4.78 is 0. The fourth-order valence-corrected chi connectivity index (χ4v) is 2.80. The number of rotatable bonds is 2. The molecule has 0 bridgehead atoms. The van der Waals surface area contributed by atoms with Crippen molar-refractivity contribution in [2.45, 2.75) is 38.1 Å². The van der Waals surface area contributed by atoms with Gasteiger partial charge in [0.1, 0.15) is 6.07 Å². The molecule has 2 unspecified atom stereocenters. The minimum absolute atomic E-state index is 0.0554. The molecule has 0 radical (unpaired) electrons. The van der Waals surface area contributed by atoms with Gasteiger partial charge in [0, 0.05) is 11.7 Å². The van der Waals surface area contributed by atoms with E-state index < -0.39 is 0 Å². The molecule has 106 valence electrons. The number of hydrogen-bond acceptors (Lipinski definition) is 3. The Morgan fingerprint density at radius 1 is 1.35 bits per heavy atom. The number of carbonyl (C=O) groups is 1. The molecule has 3 N–H and O–H groups in total. The summed E-state index contributed by atoms with van der Waals surface area (Å²) in [6.07, 6.45) is 5.00. The van der Waals surface area contributed by atoms with Crippen LogP contribution < -0.4 is 11.1 Å². The number of anilines is 1. The zero-order chi connectivity index (χ0) is 14.5. The molecule has 0 spiro atoms. The summed E-state index contributed by atoms with van der Waals surface area (Å²) >= 11 is 5.96. The number of benzene rings is 1. The summed E-state index contributed by atoms with van der Waals surface area (Å²) in [6, 6.07) is 6.80. The number of nitrogens with one attached hydrogen (secondary N) is 1. The van der Waals surface area contributed by atoms with E-state index in [1.165, 1.54) is 0 Å². The second-order valence-corrected chi connectivity index (χ2v) is 5.61. The minimum atomic E-state index is -0.146. The summed E-state index contributed by atoms with van der Waals surface area (Å²) in [7, 11) is 0. The smallest absolute Gasteiger partial charge is 0.229 e. The fraction of sp³-hybridized carbons (Fsp3) is 0.467. The lowest BCUT2D eigenvalue weighted by Gasteiger charge is -2.20. The van der Waals surface area contributed by atoms with E-state index in [1.807, 2.05) is 6.07 Å². The van der Waals surface area contributed by atoms with Gasteiger partial charge < -0.3 is 11.1 Å². The number of nitrogens with zero attached hydrogens (tertiary/aromatic N) is 1. The van der Waals surface area contributed by atoms with Gasteiger partial charge in [-0.15, -0.1) is 0 Å². The molecule has 1 aliphatic rings. The van der Waals surface area contributed by atoms with Crippen molar-refractivity contribution < 1.29 is 4.79 Å². The van der Waals surface area contributed by atoms with Crippen LogP contribution in [0.3, 0.4) is 0 Å².